The number of rotatable bonds is 7. The fourth-order valence-electron chi connectivity index (χ4n) is 2.54. The predicted octanol–water partition coefficient (Wildman–Crippen LogP) is 3.18. The van der Waals surface area contributed by atoms with Gasteiger partial charge in [-0.2, -0.15) is 4.89 Å². The third-order valence-corrected chi connectivity index (χ3v) is 3.86. The van der Waals surface area contributed by atoms with Gasteiger partial charge in [0.15, 0.2) is 5.75 Å². The molecular formula is C19H34N2O5. The van der Waals surface area contributed by atoms with E-state index in [2.05, 4.69) is 35.6 Å². The first-order valence-corrected chi connectivity index (χ1v) is 9.16. The highest BCUT2D eigenvalue weighted by Crippen LogP contribution is 2.39. The van der Waals surface area contributed by atoms with Crippen LogP contribution in [0.15, 0.2) is 12.1 Å². The van der Waals surface area contributed by atoms with E-state index >= 15 is 0 Å². The quantitative estimate of drug-likeness (QED) is 0.449. The fraction of sp³-hybridized carbons (Fsp3) is 0.684. The van der Waals surface area contributed by atoms with Crippen LogP contribution in [-0.2, 0) is 20.1 Å². The summed E-state index contributed by atoms with van der Waals surface area (Å²) in [5, 5.41) is 4.60. The van der Waals surface area contributed by atoms with Crippen molar-refractivity contribution >= 4 is 5.69 Å². The minimum atomic E-state index is -0.190. The van der Waals surface area contributed by atoms with Crippen molar-refractivity contribution < 1.29 is 24.3 Å². The predicted molar refractivity (Wildman–Crippen MR) is 102 cm³/mol. The van der Waals surface area contributed by atoms with Crippen molar-refractivity contribution in [1.29, 1.82) is 0 Å². The number of hydrogen-bond acceptors (Lipinski definition) is 7. The molecule has 2 N–H and O–H groups in total. The number of nitrogens with two attached hydrogens (primary N) is 1. The highest BCUT2D eigenvalue weighted by atomic mass is 17.5. The summed E-state index contributed by atoms with van der Waals surface area (Å²) in [7, 11) is 1.37. The maximum atomic E-state index is 6.11. The van der Waals surface area contributed by atoms with Gasteiger partial charge in [0.05, 0.1) is 26.0 Å². The SMILES string of the molecule is CC.COOOc1c(N)cc(OCCN2CCOCC2)cc1C(C)(C)C. The van der Waals surface area contributed by atoms with Gasteiger partial charge in [0.25, 0.3) is 0 Å². The van der Waals surface area contributed by atoms with Crippen LogP contribution in [0.5, 0.6) is 11.5 Å². The smallest absolute Gasteiger partial charge is 0.195 e. The molecule has 1 aromatic rings. The van der Waals surface area contributed by atoms with E-state index < -0.39 is 0 Å². The summed E-state index contributed by atoms with van der Waals surface area (Å²) in [4.78, 5) is 12.0. The summed E-state index contributed by atoms with van der Waals surface area (Å²) < 4.78 is 11.2. The van der Waals surface area contributed by atoms with Gasteiger partial charge in [-0.05, 0) is 16.5 Å². The molecule has 150 valence electrons. The van der Waals surface area contributed by atoms with Gasteiger partial charge in [-0.1, -0.05) is 34.6 Å². The van der Waals surface area contributed by atoms with Crippen molar-refractivity contribution in [3.63, 3.8) is 0 Å². The van der Waals surface area contributed by atoms with Crippen LogP contribution in [0, 0.1) is 0 Å². The van der Waals surface area contributed by atoms with E-state index in [-0.39, 0.29) is 5.41 Å². The van der Waals surface area contributed by atoms with Crippen LogP contribution < -0.4 is 15.4 Å². The first kappa shape index (κ1) is 22.5. The second-order valence-electron chi connectivity index (χ2n) is 6.76. The Bertz CT molecular complexity index is 525. The first-order chi connectivity index (χ1) is 12.4. The number of ether oxygens (including phenoxy) is 2. The lowest BCUT2D eigenvalue weighted by atomic mass is 9.86. The van der Waals surface area contributed by atoms with Crippen molar-refractivity contribution in [1.82, 2.24) is 4.90 Å². The molecule has 1 fully saturated rings. The molecule has 0 saturated carbocycles. The normalized spacial score (nSPS) is 15.2. The zero-order valence-electron chi connectivity index (χ0n) is 17.0. The van der Waals surface area contributed by atoms with Gasteiger partial charge >= 0.3 is 0 Å². The van der Waals surface area contributed by atoms with Crippen LogP contribution in [-0.4, -0.2) is 51.5 Å². The van der Waals surface area contributed by atoms with Crippen LogP contribution >= 0.6 is 0 Å². The van der Waals surface area contributed by atoms with E-state index in [0.29, 0.717) is 18.0 Å². The maximum absolute atomic E-state index is 6.11. The molecule has 1 saturated heterocycles. The van der Waals surface area contributed by atoms with Crippen LogP contribution in [0.2, 0.25) is 0 Å². The van der Waals surface area contributed by atoms with Crippen molar-refractivity contribution in [2.45, 2.75) is 40.0 Å². The van der Waals surface area contributed by atoms with E-state index in [9.17, 15) is 0 Å². The van der Waals surface area contributed by atoms with Crippen molar-refractivity contribution in [2.75, 3.05) is 52.3 Å². The van der Waals surface area contributed by atoms with Gasteiger partial charge in [-0.15, -0.1) is 0 Å². The molecule has 0 unspecified atom stereocenters. The number of hydrogen-bond donors (Lipinski definition) is 1. The van der Waals surface area contributed by atoms with Crippen molar-refractivity contribution in [3.05, 3.63) is 17.7 Å². The Labute approximate surface area is 157 Å². The zero-order valence-corrected chi connectivity index (χ0v) is 17.0. The Hall–Kier alpha value is -1.54. The molecule has 0 aromatic heterocycles. The van der Waals surface area contributed by atoms with E-state index in [1.165, 1.54) is 7.11 Å². The highest BCUT2D eigenvalue weighted by Gasteiger charge is 2.24. The summed E-state index contributed by atoms with van der Waals surface area (Å²) in [6.45, 7) is 15.1. The first-order valence-electron chi connectivity index (χ1n) is 9.16. The number of anilines is 1. The minimum Gasteiger partial charge on any atom is -0.492 e. The Balaban J connectivity index is 0.00000163. The van der Waals surface area contributed by atoms with E-state index in [0.717, 1.165) is 44.2 Å². The number of nitrogen functional groups attached to an aromatic ring is 1. The van der Waals surface area contributed by atoms with Crippen LogP contribution in [0.4, 0.5) is 5.69 Å². The lowest BCUT2D eigenvalue weighted by Crippen LogP contribution is -2.38. The van der Waals surface area contributed by atoms with Gasteiger partial charge in [-0.3, -0.25) is 4.90 Å². The minimum absolute atomic E-state index is 0.190. The van der Waals surface area contributed by atoms with Gasteiger partial charge in [-0.25, -0.2) is 0 Å². The Morgan fingerprint density at radius 1 is 1.15 bits per heavy atom. The van der Waals surface area contributed by atoms with Crippen LogP contribution in [0.25, 0.3) is 0 Å². The van der Waals surface area contributed by atoms with Gasteiger partial charge in [0.1, 0.15) is 12.4 Å². The Morgan fingerprint density at radius 3 is 2.38 bits per heavy atom. The second-order valence-corrected chi connectivity index (χ2v) is 6.76. The van der Waals surface area contributed by atoms with E-state index in [1.807, 2.05) is 19.9 Å². The molecule has 0 amide bonds. The molecule has 26 heavy (non-hydrogen) atoms. The summed E-state index contributed by atoms with van der Waals surface area (Å²) in [5.74, 6) is 1.17. The Morgan fingerprint density at radius 2 is 1.81 bits per heavy atom. The summed E-state index contributed by atoms with van der Waals surface area (Å²) in [6, 6.07) is 3.67. The average Bonchev–Trinajstić information content (AvgIpc) is 2.62. The third-order valence-electron chi connectivity index (χ3n) is 3.86. The lowest BCUT2D eigenvalue weighted by Gasteiger charge is -2.27. The molecule has 0 spiro atoms. The molecule has 7 nitrogen and oxygen atoms in total. The largest absolute Gasteiger partial charge is 0.492 e. The molecule has 7 heteroatoms. The molecular weight excluding hydrogens is 336 g/mol. The highest BCUT2D eigenvalue weighted by molar-refractivity contribution is 5.62. The molecule has 1 aliphatic heterocycles. The number of morpholine rings is 1. The van der Waals surface area contributed by atoms with E-state index in [1.54, 1.807) is 6.07 Å². The monoisotopic (exact) mass is 370 g/mol. The van der Waals surface area contributed by atoms with Gasteiger partial charge in [0, 0.05) is 31.3 Å². The molecule has 0 radical (unpaired) electrons. The summed E-state index contributed by atoms with van der Waals surface area (Å²) in [5.41, 5.74) is 7.25. The van der Waals surface area contributed by atoms with Crippen molar-refractivity contribution in [2.24, 2.45) is 0 Å². The topological polar surface area (TPSA) is 75.4 Å². The fourth-order valence-corrected chi connectivity index (χ4v) is 2.54. The average molecular weight is 370 g/mol. The molecule has 2 rings (SSSR count). The Kier molecular flexibility index (Phi) is 9.72. The molecule has 0 aliphatic carbocycles. The maximum Gasteiger partial charge on any atom is 0.195 e. The second kappa shape index (κ2) is 11.2. The molecule has 1 aliphatic rings. The van der Waals surface area contributed by atoms with Gasteiger partial charge < -0.3 is 20.1 Å². The van der Waals surface area contributed by atoms with E-state index in [4.69, 9.17) is 20.1 Å². The summed E-state index contributed by atoms with van der Waals surface area (Å²) >= 11 is 0. The molecule has 0 bridgehead atoms. The third kappa shape index (κ3) is 6.99. The van der Waals surface area contributed by atoms with Crippen molar-refractivity contribution in [3.8, 4) is 11.5 Å². The number of nitrogens with zero attached hydrogens (tertiary/aromatic N) is 1. The zero-order chi connectivity index (χ0) is 19.6. The lowest BCUT2D eigenvalue weighted by molar-refractivity contribution is -0.453. The van der Waals surface area contributed by atoms with Crippen LogP contribution in [0.1, 0.15) is 40.2 Å². The number of benzene rings is 1. The molecule has 1 heterocycles. The molecule has 1 aromatic carbocycles. The summed E-state index contributed by atoms with van der Waals surface area (Å²) in [6.07, 6.45) is 0. The molecule has 0 atom stereocenters. The standard InChI is InChI=1S/C17H28N2O5.C2H6/c1-17(2,3)14-11-13(12-15(18)16(14)23-24-20-4)22-10-7-19-5-8-21-9-6-19;1-2/h11-12H,5-10,18H2,1-4H3;1-2H3. The van der Waals surface area contributed by atoms with Crippen LogP contribution in [0.3, 0.4) is 0 Å². The van der Waals surface area contributed by atoms with Gasteiger partial charge in [0.2, 0.25) is 0 Å².